The molecule has 3 rings (SSSR count). The standard InChI is InChI=1S/C15H16BN3O7S/c1-4-24-13(20)8(3)12-11-7(2)5-9(6-10(11)16(21)26-12)25-15-18-17-14(27-15)19(22)23/h5-6,8,12,21H,4H2,1-3H3. The summed E-state index contributed by atoms with van der Waals surface area (Å²) in [5, 5.41) is 27.6. The molecule has 1 aliphatic heterocycles. The second-order valence-corrected chi connectivity index (χ2v) is 6.82. The average molecular weight is 393 g/mol. The number of rotatable bonds is 6. The number of nitrogens with zero attached hydrogens (tertiary/aromatic N) is 3. The van der Waals surface area contributed by atoms with E-state index in [1.807, 2.05) is 0 Å². The molecule has 10 nitrogen and oxygen atoms in total. The van der Waals surface area contributed by atoms with E-state index in [2.05, 4.69) is 10.2 Å². The first-order chi connectivity index (χ1) is 12.8. The summed E-state index contributed by atoms with van der Waals surface area (Å²) in [6.45, 7) is 5.44. The van der Waals surface area contributed by atoms with Crippen molar-refractivity contribution in [3.8, 4) is 10.9 Å². The smallest absolute Gasteiger partial charge is 0.466 e. The van der Waals surface area contributed by atoms with E-state index >= 15 is 0 Å². The summed E-state index contributed by atoms with van der Waals surface area (Å²) in [6, 6.07) is 3.23. The van der Waals surface area contributed by atoms with Gasteiger partial charge in [-0.15, -0.1) is 0 Å². The highest BCUT2D eigenvalue weighted by molar-refractivity contribution is 7.16. The molecule has 0 amide bonds. The van der Waals surface area contributed by atoms with Crippen LogP contribution in [-0.2, 0) is 14.2 Å². The first kappa shape index (κ1) is 19.2. The monoisotopic (exact) mass is 393 g/mol. The molecule has 0 radical (unpaired) electrons. The molecule has 0 aliphatic carbocycles. The second-order valence-electron chi connectivity index (χ2n) is 5.90. The average Bonchev–Trinajstić information content (AvgIpc) is 3.20. The SMILES string of the molecule is CCOC(=O)C(C)C1OB(O)c2cc(Oc3nnc([N+](=O)[O-])s3)cc(C)c21. The Morgan fingerprint density at radius 2 is 2.26 bits per heavy atom. The van der Waals surface area contributed by atoms with Gasteiger partial charge in [-0.05, 0) is 54.4 Å². The molecule has 2 heterocycles. The lowest BCUT2D eigenvalue weighted by molar-refractivity contribution is -0.385. The van der Waals surface area contributed by atoms with Gasteiger partial charge in [0.25, 0.3) is 0 Å². The molecule has 0 fully saturated rings. The van der Waals surface area contributed by atoms with Crippen molar-refractivity contribution in [2.24, 2.45) is 5.92 Å². The van der Waals surface area contributed by atoms with Crippen molar-refractivity contribution < 1.29 is 28.9 Å². The molecule has 2 unspecified atom stereocenters. The third-order valence-electron chi connectivity index (χ3n) is 4.09. The topological polar surface area (TPSA) is 134 Å². The molecule has 2 atom stereocenters. The maximum Gasteiger partial charge on any atom is 0.492 e. The first-order valence-corrected chi connectivity index (χ1v) is 8.93. The summed E-state index contributed by atoms with van der Waals surface area (Å²) in [6.07, 6.45) is -0.647. The van der Waals surface area contributed by atoms with Crippen LogP contribution in [-0.4, -0.2) is 39.8 Å². The summed E-state index contributed by atoms with van der Waals surface area (Å²) in [5.41, 5.74) is 1.89. The Morgan fingerprint density at radius 1 is 1.52 bits per heavy atom. The van der Waals surface area contributed by atoms with Crippen LogP contribution in [0, 0.1) is 23.0 Å². The zero-order chi connectivity index (χ0) is 19.7. The number of hydrogen-bond donors (Lipinski definition) is 1. The Balaban J connectivity index is 1.88. The molecule has 1 aromatic heterocycles. The lowest BCUT2D eigenvalue weighted by Crippen LogP contribution is -2.28. The number of hydrogen-bond acceptors (Lipinski definition) is 10. The van der Waals surface area contributed by atoms with E-state index in [9.17, 15) is 19.9 Å². The predicted octanol–water partition coefficient (Wildman–Crippen LogP) is 1.51. The molecule has 0 spiro atoms. The fourth-order valence-electron chi connectivity index (χ4n) is 2.91. The lowest BCUT2D eigenvalue weighted by Gasteiger charge is -2.20. The van der Waals surface area contributed by atoms with Crippen LogP contribution in [0.25, 0.3) is 0 Å². The fourth-order valence-corrected chi connectivity index (χ4v) is 3.44. The third-order valence-corrected chi connectivity index (χ3v) is 4.84. The number of nitro groups is 1. The molecule has 27 heavy (non-hydrogen) atoms. The molecule has 0 saturated heterocycles. The van der Waals surface area contributed by atoms with E-state index in [1.54, 1.807) is 32.9 Å². The minimum absolute atomic E-state index is 0.00546. The van der Waals surface area contributed by atoms with Gasteiger partial charge in [0, 0.05) is 16.4 Å². The van der Waals surface area contributed by atoms with Gasteiger partial charge in [0.1, 0.15) is 10.8 Å². The zero-order valence-electron chi connectivity index (χ0n) is 14.7. The minimum atomic E-state index is -1.23. The molecule has 142 valence electrons. The van der Waals surface area contributed by atoms with Crippen LogP contribution in [0.5, 0.6) is 10.9 Å². The Kier molecular flexibility index (Phi) is 5.39. The van der Waals surface area contributed by atoms with Gasteiger partial charge in [0.15, 0.2) is 0 Å². The van der Waals surface area contributed by atoms with Crippen LogP contribution in [0.1, 0.15) is 31.1 Å². The van der Waals surface area contributed by atoms with E-state index in [1.165, 1.54) is 0 Å². The Morgan fingerprint density at radius 3 is 2.89 bits per heavy atom. The maximum atomic E-state index is 12.0. The van der Waals surface area contributed by atoms with Gasteiger partial charge in [-0.2, -0.15) is 0 Å². The van der Waals surface area contributed by atoms with Crippen LogP contribution < -0.4 is 10.2 Å². The van der Waals surface area contributed by atoms with Gasteiger partial charge in [0.2, 0.25) is 0 Å². The number of benzene rings is 1. The summed E-state index contributed by atoms with van der Waals surface area (Å²) in [7, 11) is -1.23. The van der Waals surface area contributed by atoms with E-state index in [0.717, 1.165) is 5.56 Å². The molecule has 1 aromatic carbocycles. The molecule has 0 bridgehead atoms. The molecule has 12 heteroatoms. The Bertz CT molecular complexity index is 890. The number of aryl methyl sites for hydroxylation is 1. The van der Waals surface area contributed by atoms with Crippen molar-refractivity contribution in [1.29, 1.82) is 0 Å². The van der Waals surface area contributed by atoms with Crippen molar-refractivity contribution in [2.45, 2.75) is 26.9 Å². The first-order valence-electron chi connectivity index (χ1n) is 8.12. The van der Waals surface area contributed by atoms with Gasteiger partial charge >= 0.3 is 23.4 Å². The number of fused-ring (bicyclic) bond motifs is 1. The van der Waals surface area contributed by atoms with Crippen molar-refractivity contribution in [3.63, 3.8) is 0 Å². The molecule has 1 aliphatic rings. The van der Waals surface area contributed by atoms with Gasteiger partial charge in [0.05, 0.1) is 18.6 Å². The Labute approximate surface area is 158 Å². The van der Waals surface area contributed by atoms with Crippen molar-refractivity contribution in [1.82, 2.24) is 10.2 Å². The van der Waals surface area contributed by atoms with E-state index in [4.69, 9.17) is 14.1 Å². The van der Waals surface area contributed by atoms with Gasteiger partial charge in [-0.25, -0.2) is 0 Å². The molecule has 2 aromatic rings. The maximum absolute atomic E-state index is 12.0. The van der Waals surface area contributed by atoms with E-state index < -0.39 is 30.0 Å². The number of ether oxygens (including phenoxy) is 2. The van der Waals surface area contributed by atoms with Gasteiger partial charge < -0.3 is 29.3 Å². The summed E-state index contributed by atoms with van der Waals surface area (Å²) in [5.74, 6) is -0.690. The third kappa shape index (κ3) is 3.77. The minimum Gasteiger partial charge on any atom is -0.466 e. The predicted molar refractivity (Wildman–Crippen MR) is 95.0 cm³/mol. The quantitative estimate of drug-likeness (QED) is 0.335. The zero-order valence-corrected chi connectivity index (χ0v) is 15.6. The second kappa shape index (κ2) is 7.58. The lowest BCUT2D eigenvalue weighted by atomic mass is 9.77. The van der Waals surface area contributed by atoms with Crippen molar-refractivity contribution in [2.75, 3.05) is 6.61 Å². The number of carbonyl (C=O) groups is 1. The highest BCUT2D eigenvalue weighted by Crippen LogP contribution is 2.36. The largest absolute Gasteiger partial charge is 0.492 e. The van der Waals surface area contributed by atoms with E-state index in [0.29, 0.717) is 28.1 Å². The van der Waals surface area contributed by atoms with Crippen molar-refractivity contribution in [3.05, 3.63) is 33.4 Å². The Hall–Kier alpha value is -2.57. The number of carbonyl (C=O) groups excluding carboxylic acids is 1. The molecule has 1 N–H and O–H groups in total. The molecular formula is C15H16BN3O7S. The normalized spacial score (nSPS) is 16.7. The van der Waals surface area contributed by atoms with Gasteiger partial charge in [-0.1, -0.05) is 0 Å². The summed E-state index contributed by atoms with van der Waals surface area (Å²) in [4.78, 5) is 22.1. The van der Waals surface area contributed by atoms with E-state index in [-0.39, 0.29) is 16.9 Å². The van der Waals surface area contributed by atoms with Crippen LogP contribution in [0.15, 0.2) is 12.1 Å². The van der Waals surface area contributed by atoms with Crippen LogP contribution >= 0.6 is 11.3 Å². The molecule has 0 saturated carbocycles. The van der Waals surface area contributed by atoms with Crippen molar-refractivity contribution >= 4 is 35.0 Å². The fraction of sp³-hybridized carbons (Fsp3) is 0.400. The highest BCUT2D eigenvalue weighted by atomic mass is 32.1. The van der Waals surface area contributed by atoms with Crippen LogP contribution in [0.3, 0.4) is 0 Å². The highest BCUT2D eigenvalue weighted by Gasteiger charge is 2.42. The van der Waals surface area contributed by atoms with Crippen LogP contribution in [0.2, 0.25) is 0 Å². The molecular weight excluding hydrogens is 377 g/mol. The summed E-state index contributed by atoms with van der Waals surface area (Å²) >= 11 is 0.692. The number of esters is 1. The van der Waals surface area contributed by atoms with Gasteiger partial charge in [-0.3, -0.25) is 4.79 Å². The summed E-state index contributed by atoms with van der Waals surface area (Å²) < 4.78 is 16.1. The number of aromatic nitrogens is 2. The van der Waals surface area contributed by atoms with Crippen LogP contribution in [0.4, 0.5) is 5.13 Å².